The summed E-state index contributed by atoms with van der Waals surface area (Å²) < 4.78 is 0.945. The third kappa shape index (κ3) is 3.21. The lowest BCUT2D eigenvalue weighted by atomic mass is 10.1. The van der Waals surface area contributed by atoms with E-state index >= 15 is 0 Å². The number of aryl methyl sites for hydroxylation is 1. The minimum absolute atomic E-state index is 0.0674. The molecule has 0 aliphatic carbocycles. The van der Waals surface area contributed by atoms with Crippen molar-refractivity contribution in [2.45, 2.75) is 13.0 Å². The predicted octanol–water partition coefficient (Wildman–Crippen LogP) is 0.910. The monoisotopic (exact) mass is 360 g/mol. The lowest BCUT2D eigenvalue weighted by molar-refractivity contribution is 0.0926. The molecule has 5 heteroatoms. The second kappa shape index (κ2) is 5.99. The Hall–Kier alpha value is -0.660. The van der Waals surface area contributed by atoms with Crippen molar-refractivity contribution < 1.29 is 9.90 Å². The highest BCUT2D eigenvalue weighted by molar-refractivity contribution is 14.1. The smallest absolute Gasteiger partial charge is 0.252 e. The van der Waals surface area contributed by atoms with Crippen LogP contribution in [0.15, 0.2) is 18.2 Å². The maximum atomic E-state index is 12.1. The molecule has 1 saturated heterocycles. The van der Waals surface area contributed by atoms with Gasteiger partial charge >= 0.3 is 0 Å². The van der Waals surface area contributed by atoms with Crippen molar-refractivity contribution in [2.75, 3.05) is 19.6 Å². The molecule has 2 unspecified atom stereocenters. The molecular formula is C13H17IN2O2. The summed E-state index contributed by atoms with van der Waals surface area (Å²) in [5.74, 6) is 0.0404. The topological polar surface area (TPSA) is 61.4 Å². The molecule has 2 rings (SSSR count). The Morgan fingerprint density at radius 1 is 1.56 bits per heavy atom. The van der Waals surface area contributed by atoms with Crippen LogP contribution in [0.25, 0.3) is 0 Å². The van der Waals surface area contributed by atoms with Gasteiger partial charge in [0.05, 0.1) is 11.7 Å². The Labute approximate surface area is 120 Å². The number of amides is 1. The van der Waals surface area contributed by atoms with E-state index in [1.54, 1.807) is 0 Å². The number of hydrogen-bond donors (Lipinski definition) is 3. The average molecular weight is 360 g/mol. The highest BCUT2D eigenvalue weighted by atomic mass is 127. The fraction of sp³-hybridized carbons (Fsp3) is 0.462. The third-order valence-electron chi connectivity index (χ3n) is 3.20. The van der Waals surface area contributed by atoms with E-state index in [1.165, 1.54) is 0 Å². The first-order chi connectivity index (χ1) is 8.58. The number of halogens is 1. The molecule has 1 aromatic carbocycles. The quantitative estimate of drug-likeness (QED) is 0.703. The summed E-state index contributed by atoms with van der Waals surface area (Å²) in [6.07, 6.45) is -0.359. The van der Waals surface area contributed by atoms with E-state index in [0.29, 0.717) is 18.7 Å². The summed E-state index contributed by atoms with van der Waals surface area (Å²) in [7, 11) is 0. The zero-order chi connectivity index (χ0) is 13.1. The first-order valence-electron chi connectivity index (χ1n) is 6.01. The molecule has 0 spiro atoms. The second-order valence-electron chi connectivity index (χ2n) is 4.68. The Morgan fingerprint density at radius 2 is 2.33 bits per heavy atom. The van der Waals surface area contributed by atoms with Crippen LogP contribution in [-0.2, 0) is 0 Å². The van der Waals surface area contributed by atoms with Crippen molar-refractivity contribution in [3.05, 3.63) is 32.9 Å². The Kier molecular flexibility index (Phi) is 4.58. The Bertz CT molecular complexity index is 451. The van der Waals surface area contributed by atoms with Crippen LogP contribution >= 0.6 is 22.6 Å². The summed E-state index contributed by atoms with van der Waals surface area (Å²) in [6.45, 7) is 3.85. The van der Waals surface area contributed by atoms with Crippen LogP contribution in [-0.4, -0.2) is 36.8 Å². The van der Waals surface area contributed by atoms with Crippen LogP contribution in [0.2, 0.25) is 0 Å². The Balaban J connectivity index is 1.97. The molecule has 0 bridgehead atoms. The van der Waals surface area contributed by atoms with Crippen molar-refractivity contribution in [3.8, 4) is 0 Å². The van der Waals surface area contributed by atoms with Gasteiger partial charge in [0, 0.05) is 29.1 Å². The average Bonchev–Trinajstić information content (AvgIpc) is 2.75. The second-order valence-corrected chi connectivity index (χ2v) is 5.84. The van der Waals surface area contributed by atoms with Crippen LogP contribution in [0.3, 0.4) is 0 Å². The van der Waals surface area contributed by atoms with Crippen molar-refractivity contribution in [1.82, 2.24) is 10.6 Å². The SMILES string of the molecule is Cc1ccc(I)c(C(=O)NCC2CNCC2O)c1. The molecule has 3 N–H and O–H groups in total. The zero-order valence-electron chi connectivity index (χ0n) is 10.2. The van der Waals surface area contributed by atoms with Crippen molar-refractivity contribution >= 4 is 28.5 Å². The fourth-order valence-electron chi connectivity index (χ4n) is 2.06. The fourth-order valence-corrected chi connectivity index (χ4v) is 2.64. The maximum Gasteiger partial charge on any atom is 0.252 e. The highest BCUT2D eigenvalue weighted by Gasteiger charge is 2.25. The summed E-state index contributed by atoms with van der Waals surface area (Å²) in [6, 6.07) is 5.82. The standard InChI is InChI=1S/C13H17IN2O2/c1-8-2-3-11(14)10(4-8)13(18)16-6-9-5-15-7-12(9)17/h2-4,9,12,15,17H,5-7H2,1H3,(H,16,18). The van der Waals surface area contributed by atoms with Crippen LogP contribution < -0.4 is 10.6 Å². The van der Waals surface area contributed by atoms with Crippen molar-refractivity contribution in [2.24, 2.45) is 5.92 Å². The van der Waals surface area contributed by atoms with E-state index in [9.17, 15) is 9.90 Å². The molecule has 1 amide bonds. The number of aliphatic hydroxyl groups is 1. The maximum absolute atomic E-state index is 12.1. The van der Waals surface area contributed by atoms with Gasteiger partial charge in [-0.3, -0.25) is 4.79 Å². The third-order valence-corrected chi connectivity index (χ3v) is 4.14. The normalized spacial score (nSPS) is 23.1. The number of benzene rings is 1. The van der Waals surface area contributed by atoms with Crippen LogP contribution in [0.5, 0.6) is 0 Å². The molecule has 1 aliphatic heterocycles. The molecule has 18 heavy (non-hydrogen) atoms. The first-order valence-corrected chi connectivity index (χ1v) is 7.09. The van der Waals surface area contributed by atoms with E-state index in [2.05, 4.69) is 33.2 Å². The van der Waals surface area contributed by atoms with Crippen molar-refractivity contribution in [1.29, 1.82) is 0 Å². The lowest BCUT2D eigenvalue weighted by Gasteiger charge is -2.14. The van der Waals surface area contributed by atoms with Gasteiger partial charge in [-0.15, -0.1) is 0 Å². The Morgan fingerprint density at radius 3 is 3.00 bits per heavy atom. The number of nitrogens with one attached hydrogen (secondary N) is 2. The summed E-state index contributed by atoms with van der Waals surface area (Å²) in [4.78, 5) is 12.1. The molecule has 1 fully saturated rings. The molecule has 0 saturated carbocycles. The molecule has 1 heterocycles. The molecule has 4 nitrogen and oxygen atoms in total. The number of β-amino-alcohol motifs (C(OH)–C–C–N with tert-alkyl or cyclic N) is 1. The molecule has 1 aromatic rings. The van der Waals surface area contributed by atoms with E-state index in [0.717, 1.165) is 15.7 Å². The summed E-state index contributed by atoms with van der Waals surface area (Å²) in [5.41, 5.74) is 1.78. The molecule has 0 aromatic heterocycles. The van der Waals surface area contributed by atoms with Gasteiger partial charge in [0.2, 0.25) is 0 Å². The number of hydrogen-bond acceptors (Lipinski definition) is 3. The van der Waals surface area contributed by atoms with Crippen LogP contribution in [0, 0.1) is 16.4 Å². The van der Waals surface area contributed by atoms with Gasteiger partial charge in [-0.1, -0.05) is 11.6 Å². The van der Waals surface area contributed by atoms with Gasteiger partial charge in [-0.25, -0.2) is 0 Å². The molecular weight excluding hydrogens is 343 g/mol. The van der Waals surface area contributed by atoms with Crippen LogP contribution in [0.4, 0.5) is 0 Å². The van der Waals surface area contributed by atoms with Gasteiger partial charge in [0.15, 0.2) is 0 Å². The molecule has 2 atom stereocenters. The minimum atomic E-state index is -0.359. The summed E-state index contributed by atoms with van der Waals surface area (Å²) >= 11 is 2.16. The van der Waals surface area contributed by atoms with Gasteiger partial charge in [-0.05, 0) is 41.6 Å². The number of carbonyl (C=O) groups excluding carboxylic acids is 1. The van der Waals surface area contributed by atoms with Gasteiger partial charge in [0.1, 0.15) is 0 Å². The number of rotatable bonds is 3. The van der Waals surface area contributed by atoms with E-state index in [-0.39, 0.29) is 17.9 Å². The highest BCUT2D eigenvalue weighted by Crippen LogP contribution is 2.14. The largest absolute Gasteiger partial charge is 0.391 e. The lowest BCUT2D eigenvalue weighted by Crippen LogP contribution is -2.34. The summed E-state index contributed by atoms with van der Waals surface area (Å²) in [5, 5.41) is 15.7. The minimum Gasteiger partial charge on any atom is -0.391 e. The van der Waals surface area contributed by atoms with E-state index < -0.39 is 0 Å². The molecule has 0 radical (unpaired) electrons. The molecule has 1 aliphatic rings. The zero-order valence-corrected chi connectivity index (χ0v) is 12.4. The van der Waals surface area contributed by atoms with Gasteiger partial charge in [0.25, 0.3) is 5.91 Å². The van der Waals surface area contributed by atoms with Crippen LogP contribution in [0.1, 0.15) is 15.9 Å². The number of aliphatic hydroxyl groups excluding tert-OH is 1. The number of carbonyl (C=O) groups is 1. The van der Waals surface area contributed by atoms with E-state index in [1.807, 2.05) is 25.1 Å². The first kappa shape index (κ1) is 13.8. The van der Waals surface area contributed by atoms with E-state index in [4.69, 9.17) is 0 Å². The predicted molar refractivity (Wildman–Crippen MR) is 78.6 cm³/mol. The van der Waals surface area contributed by atoms with Gasteiger partial charge < -0.3 is 15.7 Å². The molecule has 98 valence electrons. The van der Waals surface area contributed by atoms with Crippen molar-refractivity contribution in [3.63, 3.8) is 0 Å². The van der Waals surface area contributed by atoms with Gasteiger partial charge in [-0.2, -0.15) is 0 Å².